The molecule has 4 nitrogen and oxygen atoms in total. The van der Waals surface area contributed by atoms with Gasteiger partial charge in [-0.15, -0.1) is 0 Å². The molecule has 0 aromatic heterocycles. The number of aliphatic hydroxyl groups excluding tert-OH is 1. The fraction of sp³-hybridized carbons (Fsp3) is 0.667. The Morgan fingerprint density at radius 3 is 2.71 bits per heavy atom. The van der Waals surface area contributed by atoms with Crippen LogP contribution in [0.15, 0.2) is 16.9 Å². The summed E-state index contributed by atoms with van der Waals surface area (Å²) < 4.78 is 0. The predicted molar refractivity (Wildman–Crippen MR) is 61.7 cm³/mol. The number of hydrogen-bond donors (Lipinski definition) is 2. The maximum atomic E-state index is 9.81. The maximum absolute atomic E-state index is 9.81. The van der Waals surface area contributed by atoms with Gasteiger partial charge in [0.15, 0.2) is 0 Å². The van der Waals surface area contributed by atoms with E-state index in [2.05, 4.69) is 21.0 Å². The van der Waals surface area contributed by atoms with Crippen molar-refractivity contribution < 1.29 is 5.11 Å². The van der Waals surface area contributed by atoms with Crippen LogP contribution in [0.2, 0.25) is 0 Å². The molecule has 1 aliphatic rings. The van der Waals surface area contributed by atoms with Gasteiger partial charge in [0.1, 0.15) is 11.8 Å². The van der Waals surface area contributed by atoms with E-state index in [1.54, 1.807) is 11.1 Å². The summed E-state index contributed by atoms with van der Waals surface area (Å²) in [5.74, 6) is 0.268. The molecule has 0 bridgehead atoms. The lowest BCUT2D eigenvalue weighted by Crippen LogP contribution is -2.34. The molecule has 0 aromatic rings. The van der Waals surface area contributed by atoms with Crippen molar-refractivity contribution >= 4 is 21.6 Å². The van der Waals surface area contributed by atoms with Crippen LogP contribution in [0.3, 0.4) is 0 Å². The lowest BCUT2D eigenvalue weighted by atomic mass is 10.1. The third kappa shape index (κ3) is 2.27. The van der Waals surface area contributed by atoms with E-state index < -0.39 is 0 Å². The minimum Gasteiger partial charge on any atom is -0.510 e. The number of nitrogens with zero attached hydrogens (tertiary/aromatic N) is 2. The number of rotatable bonds is 2. The molecule has 0 saturated heterocycles. The van der Waals surface area contributed by atoms with Crippen molar-refractivity contribution in [3.05, 3.63) is 11.8 Å². The zero-order valence-electron chi connectivity index (χ0n) is 8.61. The van der Waals surface area contributed by atoms with Crippen LogP contribution < -0.4 is 5.73 Å². The predicted octanol–water partition coefficient (Wildman–Crippen LogP) is 1.23. The van der Waals surface area contributed by atoms with Crippen molar-refractivity contribution in [2.75, 3.05) is 7.05 Å². The molecule has 0 aliphatic carbocycles. The van der Waals surface area contributed by atoms with Crippen LogP contribution in [0.25, 0.3) is 0 Å². The second-order valence-corrected chi connectivity index (χ2v) is 4.60. The largest absolute Gasteiger partial charge is 0.510 e. The number of alkyl halides is 1. The van der Waals surface area contributed by atoms with Crippen molar-refractivity contribution in [1.29, 1.82) is 0 Å². The maximum Gasteiger partial charge on any atom is 0.121 e. The average molecular weight is 262 g/mol. The molecule has 0 aromatic carbocycles. The van der Waals surface area contributed by atoms with Crippen molar-refractivity contribution in [2.45, 2.75) is 30.8 Å². The molecule has 3 N–H and O–H groups in total. The summed E-state index contributed by atoms with van der Waals surface area (Å²) in [4.78, 5) is 0.0579. The third-order valence-electron chi connectivity index (χ3n) is 2.13. The first-order valence-corrected chi connectivity index (χ1v) is 5.43. The first-order chi connectivity index (χ1) is 6.43. The average Bonchev–Trinajstić information content (AvgIpc) is 2.25. The van der Waals surface area contributed by atoms with Gasteiger partial charge in [-0.3, -0.25) is 5.01 Å². The topological polar surface area (TPSA) is 61.8 Å². The summed E-state index contributed by atoms with van der Waals surface area (Å²) in [7, 11) is 1.83. The molecule has 14 heavy (non-hydrogen) atoms. The molecular formula is C9H16BrN3O. The highest BCUT2D eigenvalue weighted by Crippen LogP contribution is 2.25. The number of hydrazone groups is 1. The lowest BCUT2D eigenvalue weighted by molar-refractivity contribution is 0.240. The molecule has 0 spiro atoms. The summed E-state index contributed by atoms with van der Waals surface area (Å²) >= 11 is 3.49. The number of hydrogen-bond acceptors (Lipinski definition) is 4. The van der Waals surface area contributed by atoms with Gasteiger partial charge in [0, 0.05) is 13.1 Å². The summed E-state index contributed by atoms with van der Waals surface area (Å²) in [5, 5.41) is 15.8. The Balaban J connectivity index is 2.81. The van der Waals surface area contributed by atoms with Crippen LogP contribution in [0.4, 0.5) is 0 Å². The van der Waals surface area contributed by atoms with E-state index >= 15 is 0 Å². The summed E-state index contributed by atoms with van der Waals surface area (Å²) in [6.07, 6.45) is 1.64. The number of likely N-dealkylation sites (N-methyl/N-ethyl adjacent to an activating group) is 1. The van der Waals surface area contributed by atoms with Gasteiger partial charge in [0.05, 0.1) is 10.5 Å². The minimum atomic E-state index is -0.149. The van der Waals surface area contributed by atoms with Crippen LogP contribution in [0.1, 0.15) is 13.8 Å². The Labute approximate surface area is 92.6 Å². The van der Waals surface area contributed by atoms with Gasteiger partial charge in [0.2, 0.25) is 0 Å². The molecule has 0 radical (unpaired) electrons. The molecule has 1 aliphatic heterocycles. The van der Waals surface area contributed by atoms with Crippen LogP contribution in [0, 0.1) is 0 Å². The monoisotopic (exact) mass is 261 g/mol. The molecule has 0 saturated carbocycles. The summed E-state index contributed by atoms with van der Waals surface area (Å²) in [5.41, 5.74) is 6.54. The number of halogens is 1. The molecule has 1 heterocycles. The van der Waals surface area contributed by atoms with Crippen LogP contribution in [0.5, 0.6) is 0 Å². The fourth-order valence-corrected chi connectivity index (χ4v) is 2.20. The van der Waals surface area contributed by atoms with Gasteiger partial charge in [0.25, 0.3) is 0 Å². The summed E-state index contributed by atoms with van der Waals surface area (Å²) in [6.45, 7) is 3.75. The highest BCUT2D eigenvalue weighted by Gasteiger charge is 2.34. The molecule has 3 atom stereocenters. The molecular weight excluding hydrogens is 246 g/mol. The molecule has 5 heteroatoms. The number of aliphatic hydroxyl groups is 1. The molecule has 80 valence electrons. The van der Waals surface area contributed by atoms with Crippen molar-refractivity contribution in [3.8, 4) is 0 Å². The third-order valence-corrected chi connectivity index (χ3v) is 3.29. The second kappa shape index (κ2) is 4.31. The van der Waals surface area contributed by atoms with E-state index in [0.29, 0.717) is 0 Å². The normalized spacial score (nSPS) is 30.5. The Bertz CT molecular complexity index is 275. The molecule has 0 fully saturated rings. The van der Waals surface area contributed by atoms with Gasteiger partial charge >= 0.3 is 0 Å². The van der Waals surface area contributed by atoms with E-state index in [1.165, 1.54) is 0 Å². The van der Waals surface area contributed by atoms with Crippen molar-refractivity contribution in [3.63, 3.8) is 0 Å². The van der Waals surface area contributed by atoms with Gasteiger partial charge in [-0.2, -0.15) is 5.10 Å². The van der Waals surface area contributed by atoms with E-state index in [-0.39, 0.29) is 22.7 Å². The van der Waals surface area contributed by atoms with E-state index in [4.69, 9.17) is 5.73 Å². The van der Waals surface area contributed by atoms with Crippen LogP contribution >= 0.6 is 15.9 Å². The van der Waals surface area contributed by atoms with Gasteiger partial charge in [-0.05, 0) is 19.9 Å². The summed E-state index contributed by atoms with van der Waals surface area (Å²) in [6, 6.07) is -0.287. The Hall–Kier alpha value is -0.550. The van der Waals surface area contributed by atoms with Crippen molar-refractivity contribution in [1.82, 2.24) is 5.01 Å². The first kappa shape index (κ1) is 11.5. The van der Waals surface area contributed by atoms with E-state index in [0.717, 1.165) is 5.71 Å². The molecule has 1 rings (SSSR count). The Morgan fingerprint density at radius 1 is 1.79 bits per heavy atom. The molecule has 3 unspecified atom stereocenters. The van der Waals surface area contributed by atoms with Gasteiger partial charge in [-0.25, -0.2) is 0 Å². The zero-order chi connectivity index (χ0) is 10.9. The van der Waals surface area contributed by atoms with Crippen LogP contribution in [-0.2, 0) is 0 Å². The van der Waals surface area contributed by atoms with Crippen molar-refractivity contribution in [2.24, 2.45) is 10.8 Å². The quantitative estimate of drug-likeness (QED) is 0.581. The second-order valence-electron chi connectivity index (χ2n) is 3.61. The SMILES string of the molecule is CC1=NN(C)C(/C(O)=C/C(C)N)C1Br. The number of nitrogens with two attached hydrogens (primary N) is 1. The highest BCUT2D eigenvalue weighted by molar-refractivity contribution is 9.10. The van der Waals surface area contributed by atoms with E-state index in [9.17, 15) is 5.11 Å². The fourth-order valence-electron chi connectivity index (χ4n) is 1.49. The van der Waals surface area contributed by atoms with E-state index in [1.807, 2.05) is 20.9 Å². The minimum absolute atomic E-state index is 0.0579. The molecule has 0 amide bonds. The highest BCUT2D eigenvalue weighted by atomic mass is 79.9. The standard InChI is InChI=1S/C9H16BrN3O/c1-5(11)4-7(14)9-8(10)6(2)12-13(9)3/h4-5,8-9,14H,11H2,1-3H3/b7-4-. The Kier molecular flexibility index (Phi) is 3.55. The Morgan fingerprint density at radius 2 is 2.36 bits per heavy atom. The first-order valence-electron chi connectivity index (χ1n) is 4.51. The van der Waals surface area contributed by atoms with Gasteiger partial charge < -0.3 is 10.8 Å². The zero-order valence-corrected chi connectivity index (χ0v) is 10.2. The lowest BCUT2D eigenvalue weighted by Gasteiger charge is -2.21. The van der Waals surface area contributed by atoms with Crippen LogP contribution in [-0.4, -0.2) is 39.8 Å². The smallest absolute Gasteiger partial charge is 0.121 e. The van der Waals surface area contributed by atoms with Gasteiger partial charge in [-0.1, -0.05) is 15.9 Å².